The van der Waals surface area contributed by atoms with E-state index in [1.807, 2.05) is 24.3 Å². The molecule has 0 heterocycles. The van der Waals surface area contributed by atoms with Crippen molar-refractivity contribution in [1.82, 2.24) is 5.32 Å². The molecule has 4 nitrogen and oxygen atoms in total. The summed E-state index contributed by atoms with van der Waals surface area (Å²) in [5, 5.41) is 12.5. The summed E-state index contributed by atoms with van der Waals surface area (Å²) in [6, 6.07) is 14.4. The molecule has 0 bridgehead atoms. The van der Waals surface area contributed by atoms with E-state index in [2.05, 4.69) is 10.1 Å². The third-order valence-electron chi connectivity index (χ3n) is 2.97. The van der Waals surface area contributed by atoms with Crippen molar-refractivity contribution < 1.29 is 14.6 Å². The fourth-order valence-corrected chi connectivity index (χ4v) is 1.84. The number of carbonyl (C=O) groups excluding carboxylic acids is 1. The molecule has 0 saturated carbocycles. The summed E-state index contributed by atoms with van der Waals surface area (Å²) < 4.78 is 4.65. The van der Waals surface area contributed by atoms with Crippen molar-refractivity contribution in [3.05, 3.63) is 65.2 Å². The minimum atomic E-state index is -0.325. The molecule has 104 valence electrons. The summed E-state index contributed by atoms with van der Waals surface area (Å²) in [7, 11) is 1.37. The molecule has 0 atom stereocenters. The van der Waals surface area contributed by atoms with Crippen molar-refractivity contribution in [2.75, 3.05) is 7.11 Å². The Bertz CT molecular complexity index is 561. The van der Waals surface area contributed by atoms with Crippen LogP contribution in [0.15, 0.2) is 48.5 Å². The van der Waals surface area contributed by atoms with E-state index >= 15 is 0 Å². The van der Waals surface area contributed by atoms with Crippen molar-refractivity contribution in [3.8, 4) is 5.75 Å². The predicted octanol–water partition coefficient (Wildman–Crippen LogP) is 2.47. The van der Waals surface area contributed by atoms with Crippen LogP contribution < -0.4 is 5.32 Å². The van der Waals surface area contributed by atoms with Crippen LogP contribution in [0.4, 0.5) is 0 Å². The number of rotatable bonds is 5. The highest BCUT2D eigenvalue weighted by Gasteiger charge is 2.03. The standard InChI is InChI=1S/C16H17NO3/c1-20-16(19)14-6-2-12(3-7-14)10-17-11-13-4-8-15(18)9-5-13/h2-9,17-18H,10-11H2,1H3. The lowest BCUT2D eigenvalue weighted by Crippen LogP contribution is -2.12. The van der Waals surface area contributed by atoms with E-state index in [0.29, 0.717) is 12.1 Å². The van der Waals surface area contributed by atoms with E-state index in [9.17, 15) is 9.90 Å². The molecule has 20 heavy (non-hydrogen) atoms. The van der Waals surface area contributed by atoms with Gasteiger partial charge >= 0.3 is 5.97 Å². The van der Waals surface area contributed by atoms with Crippen molar-refractivity contribution in [2.45, 2.75) is 13.1 Å². The molecule has 2 N–H and O–H groups in total. The van der Waals surface area contributed by atoms with Gasteiger partial charge in [-0.15, -0.1) is 0 Å². The first-order chi connectivity index (χ1) is 9.69. The Morgan fingerprint density at radius 3 is 2.00 bits per heavy atom. The predicted molar refractivity (Wildman–Crippen MR) is 76.4 cm³/mol. The summed E-state index contributed by atoms with van der Waals surface area (Å²) in [5.74, 6) is -0.0549. The van der Waals surface area contributed by atoms with Gasteiger partial charge in [0.05, 0.1) is 12.7 Å². The number of hydrogen-bond acceptors (Lipinski definition) is 4. The second kappa shape index (κ2) is 6.73. The van der Waals surface area contributed by atoms with Crippen LogP contribution in [0, 0.1) is 0 Å². The van der Waals surface area contributed by atoms with Gasteiger partial charge in [-0.3, -0.25) is 0 Å². The highest BCUT2D eigenvalue weighted by molar-refractivity contribution is 5.89. The molecule has 0 unspecified atom stereocenters. The van der Waals surface area contributed by atoms with Crippen molar-refractivity contribution in [1.29, 1.82) is 0 Å². The van der Waals surface area contributed by atoms with Gasteiger partial charge in [0.2, 0.25) is 0 Å². The molecule has 0 amide bonds. The molecular weight excluding hydrogens is 254 g/mol. The summed E-state index contributed by atoms with van der Waals surface area (Å²) in [6.45, 7) is 1.43. The monoisotopic (exact) mass is 271 g/mol. The summed E-state index contributed by atoms with van der Waals surface area (Å²) in [4.78, 5) is 11.3. The molecule has 0 aliphatic carbocycles. The van der Waals surface area contributed by atoms with Crippen LogP contribution >= 0.6 is 0 Å². The minimum absolute atomic E-state index is 0.271. The lowest BCUT2D eigenvalue weighted by Gasteiger charge is -2.06. The molecule has 0 aliphatic heterocycles. The van der Waals surface area contributed by atoms with Crippen LogP contribution in [-0.4, -0.2) is 18.2 Å². The fourth-order valence-electron chi connectivity index (χ4n) is 1.84. The van der Waals surface area contributed by atoms with Gasteiger partial charge in [0.25, 0.3) is 0 Å². The summed E-state index contributed by atoms with van der Waals surface area (Å²) >= 11 is 0. The quantitative estimate of drug-likeness (QED) is 0.820. The molecule has 0 saturated heterocycles. The molecule has 0 fully saturated rings. The van der Waals surface area contributed by atoms with E-state index < -0.39 is 0 Å². The average Bonchev–Trinajstić information content (AvgIpc) is 2.49. The van der Waals surface area contributed by atoms with E-state index in [0.717, 1.165) is 17.7 Å². The first-order valence-electron chi connectivity index (χ1n) is 6.35. The Kier molecular flexibility index (Phi) is 4.74. The Hall–Kier alpha value is -2.33. The van der Waals surface area contributed by atoms with E-state index in [1.165, 1.54) is 7.11 Å². The van der Waals surface area contributed by atoms with Gasteiger partial charge in [0.15, 0.2) is 0 Å². The molecule has 2 rings (SSSR count). The number of ether oxygens (including phenoxy) is 1. The van der Waals surface area contributed by atoms with E-state index in [4.69, 9.17) is 0 Å². The molecule has 4 heteroatoms. The Balaban J connectivity index is 1.85. The zero-order chi connectivity index (χ0) is 14.4. The average molecular weight is 271 g/mol. The van der Waals surface area contributed by atoms with Gasteiger partial charge in [-0.1, -0.05) is 24.3 Å². The van der Waals surface area contributed by atoms with E-state index in [-0.39, 0.29) is 11.7 Å². The fraction of sp³-hybridized carbons (Fsp3) is 0.188. The van der Waals surface area contributed by atoms with Crippen molar-refractivity contribution >= 4 is 5.97 Å². The van der Waals surface area contributed by atoms with Gasteiger partial charge in [-0.25, -0.2) is 4.79 Å². The maximum atomic E-state index is 11.3. The minimum Gasteiger partial charge on any atom is -0.508 e. The van der Waals surface area contributed by atoms with Crippen LogP contribution in [0.5, 0.6) is 5.75 Å². The second-order valence-electron chi connectivity index (χ2n) is 4.46. The number of carbonyl (C=O) groups is 1. The third kappa shape index (κ3) is 3.83. The first kappa shape index (κ1) is 14.1. The third-order valence-corrected chi connectivity index (χ3v) is 2.97. The number of nitrogens with one attached hydrogen (secondary N) is 1. The van der Waals surface area contributed by atoms with Crippen LogP contribution in [0.25, 0.3) is 0 Å². The maximum absolute atomic E-state index is 11.3. The topological polar surface area (TPSA) is 58.6 Å². The molecule has 2 aromatic carbocycles. The van der Waals surface area contributed by atoms with Gasteiger partial charge in [0, 0.05) is 13.1 Å². The van der Waals surface area contributed by atoms with Crippen molar-refractivity contribution in [3.63, 3.8) is 0 Å². The van der Waals surface area contributed by atoms with Gasteiger partial charge in [-0.05, 0) is 35.4 Å². The normalized spacial score (nSPS) is 10.2. The number of hydrogen-bond donors (Lipinski definition) is 2. The summed E-state index contributed by atoms with van der Waals surface area (Å²) in [6.07, 6.45) is 0. The number of esters is 1. The molecule has 0 spiro atoms. The Morgan fingerprint density at radius 2 is 1.50 bits per heavy atom. The SMILES string of the molecule is COC(=O)c1ccc(CNCc2ccc(O)cc2)cc1. The molecule has 0 aromatic heterocycles. The zero-order valence-electron chi connectivity index (χ0n) is 11.3. The molecule has 0 radical (unpaired) electrons. The van der Waals surface area contributed by atoms with Crippen LogP contribution in [0.2, 0.25) is 0 Å². The first-order valence-corrected chi connectivity index (χ1v) is 6.35. The van der Waals surface area contributed by atoms with Crippen LogP contribution in [-0.2, 0) is 17.8 Å². The number of methoxy groups -OCH3 is 1. The van der Waals surface area contributed by atoms with Crippen LogP contribution in [0.3, 0.4) is 0 Å². The summed E-state index contributed by atoms with van der Waals surface area (Å²) in [5.41, 5.74) is 2.75. The maximum Gasteiger partial charge on any atom is 0.337 e. The number of phenolic OH excluding ortho intramolecular Hbond substituents is 1. The van der Waals surface area contributed by atoms with Crippen molar-refractivity contribution in [2.24, 2.45) is 0 Å². The number of phenols is 1. The highest BCUT2D eigenvalue weighted by atomic mass is 16.5. The molecular formula is C16H17NO3. The number of aromatic hydroxyl groups is 1. The van der Waals surface area contributed by atoms with Gasteiger partial charge < -0.3 is 15.2 Å². The Morgan fingerprint density at radius 1 is 1.00 bits per heavy atom. The lowest BCUT2D eigenvalue weighted by atomic mass is 10.1. The number of benzene rings is 2. The Labute approximate surface area is 118 Å². The van der Waals surface area contributed by atoms with Gasteiger partial charge in [0.1, 0.15) is 5.75 Å². The van der Waals surface area contributed by atoms with E-state index in [1.54, 1.807) is 24.3 Å². The van der Waals surface area contributed by atoms with Gasteiger partial charge in [-0.2, -0.15) is 0 Å². The zero-order valence-corrected chi connectivity index (χ0v) is 11.3. The largest absolute Gasteiger partial charge is 0.508 e. The lowest BCUT2D eigenvalue weighted by molar-refractivity contribution is 0.0600. The smallest absolute Gasteiger partial charge is 0.337 e. The molecule has 0 aliphatic rings. The molecule has 2 aromatic rings. The second-order valence-corrected chi connectivity index (χ2v) is 4.46. The van der Waals surface area contributed by atoms with Crippen LogP contribution in [0.1, 0.15) is 21.5 Å². The highest BCUT2D eigenvalue weighted by Crippen LogP contribution is 2.10.